The van der Waals surface area contributed by atoms with Gasteiger partial charge in [0.2, 0.25) is 0 Å². The van der Waals surface area contributed by atoms with E-state index < -0.39 is 0 Å². The van der Waals surface area contributed by atoms with E-state index in [1.807, 2.05) is 12.1 Å². The number of aliphatic hydroxyl groups is 1. The monoisotopic (exact) mass is 247 g/mol. The van der Waals surface area contributed by atoms with Crippen molar-refractivity contribution >= 4 is 11.6 Å². The van der Waals surface area contributed by atoms with Crippen LogP contribution in [-0.4, -0.2) is 14.9 Å². The summed E-state index contributed by atoms with van der Waals surface area (Å²) in [7, 11) is 0. The molecule has 0 amide bonds. The fraction of sp³-hybridized carbons (Fsp3) is 0.167. The minimum atomic E-state index is -0.0557. The molecule has 1 aromatic heterocycles. The molecule has 0 saturated heterocycles. The summed E-state index contributed by atoms with van der Waals surface area (Å²) in [5, 5.41) is 22.3. The predicted molar refractivity (Wildman–Crippen MR) is 64.2 cm³/mol. The van der Waals surface area contributed by atoms with E-state index in [1.165, 1.54) is 0 Å². The Hall–Kier alpha value is -1.83. The molecule has 1 aromatic carbocycles. The summed E-state index contributed by atoms with van der Waals surface area (Å²) < 4.78 is 1.55. The van der Waals surface area contributed by atoms with Crippen molar-refractivity contribution in [3.05, 3.63) is 41.2 Å². The van der Waals surface area contributed by atoms with Gasteiger partial charge in [-0.2, -0.15) is 10.4 Å². The van der Waals surface area contributed by atoms with Gasteiger partial charge in [-0.3, -0.25) is 4.68 Å². The summed E-state index contributed by atoms with van der Waals surface area (Å²) in [5.74, 6) is 0. The first-order chi connectivity index (χ1) is 8.22. The zero-order valence-electron chi connectivity index (χ0n) is 8.97. The largest absolute Gasteiger partial charge is 0.392 e. The predicted octanol–water partition coefficient (Wildman–Crippen LogP) is 2.22. The first kappa shape index (κ1) is 11.6. The van der Waals surface area contributed by atoms with Crippen LogP contribution in [-0.2, 0) is 13.2 Å². The van der Waals surface area contributed by atoms with Gasteiger partial charge in [0, 0.05) is 16.8 Å². The van der Waals surface area contributed by atoms with E-state index in [1.54, 1.807) is 29.2 Å². The molecule has 0 unspecified atom stereocenters. The number of nitrogens with zero attached hydrogens (tertiary/aromatic N) is 3. The maximum Gasteiger partial charge on any atom is 0.128 e. The van der Waals surface area contributed by atoms with E-state index in [2.05, 4.69) is 5.10 Å². The van der Waals surface area contributed by atoms with Crippen LogP contribution in [0.2, 0.25) is 5.02 Å². The number of benzene rings is 1. The van der Waals surface area contributed by atoms with Gasteiger partial charge in [0.05, 0.1) is 18.9 Å². The quantitative estimate of drug-likeness (QED) is 0.905. The molecule has 0 saturated carbocycles. The highest BCUT2D eigenvalue weighted by Gasteiger charge is 2.04. The van der Waals surface area contributed by atoms with Crippen molar-refractivity contribution in [2.45, 2.75) is 13.2 Å². The van der Waals surface area contributed by atoms with Crippen LogP contribution in [0.3, 0.4) is 0 Å². The number of rotatable bonds is 3. The molecule has 0 atom stereocenters. The van der Waals surface area contributed by atoms with Gasteiger partial charge in [-0.1, -0.05) is 11.6 Å². The van der Waals surface area contributed by atoms with E-state index in [0.29, 0.717) is 5.02 Å². The highest BCUT2D eigenvalue weighted by atomic mass is 35.5. The van der Waals surface area contributed by atoms with Crippen LogP contribution in [0.5, 0.6) is 0 Å². The number of nitriles is 1. The molecule has 0 aliphatic rings. The molecule has 5 heteroatoms. The molecule has 86 valence electrons. The maximum absolute atomic E-state index is 9.10. The standard InChI is InChI=1S/C12H10ClN3O/c13-12-4-9(8-17)3-10(5-12)11-6-15-16(7-11)2-1-14/h3-7,17H,2,8H2. The lowest BCUT2D eigenvalue weighted by molar-refractivity contribution is 0.282. The Kier molecular flexibility index (Phi) is 3.43. The summed E-state index contributed by atoms with van der Waals surface area (Å²) in [6, 6.07) is 7.38. The SMILES string of the molecule is N#CCn1cc(-c2cc(Cl)cc(CO)c2)cn1. The molecule has 2 aromatic rings. The number of hydrogen-bond acceptors (Lipinski definition) is 3. The molecule has 0 aliphatic heterocycles. The minimum absolute atomic E-state index is 0.0557. The van der Waals surface area contributed by atoms with Gasteiger partial charge < -0.3 is 5.11 Å². The van der Waals surface area contributed by atoms with E-state index in [9.17, 15) is 0 Å². The molecular formula is C12H10ClN3O. The third kappa shape index (κ3) is 2.64. The van der Waals surface area contributed by atoms with E-state index >= 15 is 0 Å². The van der Waals surface area contributed by atoms with Crippen LogP contribution in [0.1, 0.15) is 5.56 Å². The average molecular weight is 248 g/mol. The van der Waals surface area contributed by atoms with Gasteiger partial charge in [-0.15, -0.1) is 0 Å². The molecule has 17 heavy (non-hydrogen) atoms. The first-order valence-corrected chi connectivity index (χ1v) is 5.41. The maximum atomic E-state index is 9.10. The van der Waals surface area contributed by atoms with Crippen LogP contribution >= 0.6 is 11.6 Å². The summed E-state index contributed by atoms with van der Waals surface area (Å²) in [6.07, 6.45) is 3.44. The van der Waals surface area contributed by atoms with Crippen molar-refractivity contribution in [2.75, 3.05) is 0 Å². The number of aliphatic hydroxyl groups excluding tert-OH is 1. The Labute approximate surface area is 104 Å². The van der Waals surface area contributed by atoms with E-state index in [0.717, 1.165) is 16.7 Å². The fourth-order valence-electron chi connectivity index (χ4n) is 1.58. The Morgan fingerprint density at radius 2 is 2.18 bits per heavy atom. The third-order valence-electron chi connectivity index (χ3n) is 2.34. The van der Waals surface area contributed by atoms with Crippen LogP contribution in [0.25, 0.3) is 11.1 Å². The van der Waals surface area contributed by atoms with Crippen molar-refractivity contribution in [2.24, 2.45) is 0 Å². The lowest BCUT2D eigenvalue weighted by Crippen LogP contribution is -1.94. The van der Waals surface area contributed by atoms with Crippen LogP contribution in [0.4, 0.5) is 0 Å². The molecule has 0 radical (unpaired) electrons. The van der Waals surface area contributed by atoms with Crippen molar-refractivity contribution in [1.29, 1.82) is 5.26 Å². The molecule has 1 N–H and O–H groups in total. The third-order valence-corrected chi connectivity index (χ3v) is 2.56. The highest BCUT2D eigenvalue weighted by Crippen LogP contribution is 2.24. The van der Waals surface area contributed by atoms with Crippen LogP contribution in [0, 0.1) is 11.3 Å². The van der Waals surface area contributed by atoms with E-state index in [-0.39, 0.29) is 13.2 Å². The molecule has 0 fully saturated rings. The van der Waals surface area contributed by atoms with Gasteiger partial charge in [-0.25, -0.2) is 0 Å². The summed E-state index contributed by atoms with van der Waals surface area (Å²) in [4.78, 5) is 0. The highest BCUT2D eigenvalue weighted by molar-refractivity contribution is 6.30. The Morgan fingerprint density at radius 3 is 2.88 bits per heavy atom. The van der Waals surface area contributed by atoms with Crippen molar-refractivity contribution in [3.8, 4) is 17.2 Å². The fourth-order valence-corrected chi connectivity index (χ4v) is 1.84. The van der Waals surface area contributed by atoms with Gasteiger partial charge in [0.25, 0.3) is 0 Å². The Bertz CT molecular complexity index is 571. The van der Waals surface area contributed by atoms with Gasteiger partial charge >= 0.3 is 0 Å². The molecule has 0 aliphatic carbocycles. The number of hydrogen-bond donors (Lipinski definition) is 1. The van der Waals surface area contributed by atoms with Crippen molar-refractivity contribution in [3.63, 3.8) is 0 Å². The second-order valence-corrected chi connectivity index (χ2v) is 4.03. The second kappa shape index (κ2) is 5.00. The van der Waals surface area contributed by atoms with Crippen molar-refractivity contribution < 1.29 is 5.11 Å². The minimum Gasteiger partial charge on any atom is -0.392 e. The summed E-state index contributed by atoms with van der Waals surface area (Å²) in [5.41, 5.74) is 2.50. The Balaban J connectivity index is 2.38. The van der Waals surface area contributed by atoms with Crippen LogP contribution in [0.15, 0.2) is 30.6 Å². The van der Waals surface area contributed by atoms with Crippen molar-refractivity contribution in [1.82, 2.24) is 9.78 Å². The molecular weight excluding hydrogens is 238 g/mol. The molecule has 2 rings (SSSR count). The zero-order chi connectivity index (χ0) is 12.3. The topological polar surface area (TPSA) is 61.8 Å². The molecule has 1 heterocycles. The molecule has 0 spiro atoms. The molecule has 4 nitrogen and oxygen atoms in total. The summed E-state index contributed by atoms with van der Waals surface area (Å²) >= 11 is 5.96. The smallest absolute Gasteiger partial charge is 0.128 e. The summed E-state index contributed by atoms with van der Waals surface area (Å²) in [6.45, 7) is 0.160. The number of aromatic nitrogens is 2. The lowest BCUT2D eigenvalue weighted by atomic mass is 10.1. The normalized spacial score (nSPS) is 10.2. The van der Waals surface area contributed by atoms with Gasteiger partial charge in [0.15, 0.2) is 0 Å². The Morgan fingerprint density at radius 1 is 1.35 bits per heavy atom. The number of halogens is 1. The zero-order valence-corrected chi connectivity index (χ0v) is 9.72. The van der Waals surface area contributed by atoms with Gasteiger partial charge in [0.1, 0.15) is 6.54 Å². The molecule has 0 bridgehead atoms. The second-order valence-electron chi connectivity index (χ2n) is 3.59. The lowest BCUT2D eigenvalue weighted by Gasteiger charge is -2.02. The first-order valence-electron chi connectivity index (χ1n) is 5.03. The van der Waals surface area contributed by atoms with E-state index in [4.69, 9.17) is 22.0 Å². The van der Waals surface area contributed by atoms with Crippen LogP contribution < -0.4 is 0 Å². The van der Waals surface area contributed by atoms with Gasteiger partial charge in [-0.05, 0) is 29.3 Å². The average Bonchev–Trinajstić information content (AvgIpc) is 2.77.